The number of carbonyl (C=O) groups is 2. The molecule has 10 aromatic rings. The van der Waals surface area contributed by atoms with Crippen molar-refractivity contribution in [3.05, 3.63) is 187 Å². The summed E-state index contributed by atoms with van der Waals surface area (Å²) in [6, 6.07) is 13.9. The Balaban J connectivity index is 0.000000166. The van der Waals surface area contributed by atoms with E-state index in [1.54, 1.807) is 0 Å². The molecule has 10 rings (SSSR count). The topological polar surface area (TPSA) is 268 Å². The maximum Gasteiger partial charge on any atom is 0.434 e. The van der Waals surface area contributed by atoms with Crippen LogP contribution >= 0.6 is 31.9 Å². The number of benzene rings is 4. The van der Waals surface area contributed by atoms with E-state index in [9.17, 15) is 71.1 Å². The minimum Gasteiger partial charge on any atom is -0.351 e. The molecule has 18 nitrogen and oxygen atoms in total. The van der Waals surface area contributed by atoms with Crippen LogP contribution < -0.4 is 11.5 Å². The molecule has 83 heavy (non-hydrogen) atoms. The van der Waals surface area contributed by atoms with Crippen LogP contribution in [-0.2, 0) is 25.2 Å². The van der Waals surface area contributed by atoms with E-state index in [0.717, 1.165) is 60.9 Å². The largest absolute Gasteiger partial charge is 0.434 e. The molecule has 0 atom stereocenters. The predicted octanol–water partition coefficient (Wildman–Crippen LogP) is 12.7. The zero-order valence-electron chi connectivity index (χ0n) is 40.7. The van der Waals surface area contributed by atoms with Crippen LogP contribution in [0.25, 0.3) is 45.6 Å². The highest BCUT2D eigenvalue weighted by atomic mass is 79.9. The van der Waals surface area contributed by atoms with E-state index in [4.69, 9.17) is 20.5 Å². The number of nitrogens with zero attached hydrogens (tertiary/aromatic N) is 10. The normalized spacial score (nSPS) is 11.2. The number of carbonyl (C=O) groups excluding carboxylic acids is 2. The molecule has 6 heterocycles. The number of halogens is 16. The van der Waals surface area contributed by atoms with Crippen molar-refractivity contribution in [1.82, 2.24) is 50.5 Å². The molecule has 0 saturated carbocycles. The average Bonchev–Trinajstić information content (AvgIpc) is 4.37. The second-order valence-electron chi connectivity index (χ2n) is 16.0. The van der Waals surface area contributed by atoms with E-state index in [0.29, 0.717) is 0 Å². The third-order valence-electron chi connectivity index (χ3n) is 10.4. The van der Waals surface area contributed by atoms with Crippen LogP contribution in [0.15, 0.2) is 118 Å². The van der Waals surface area contributed by atoms with Gasteiger partial charge in [-0.2, -0.15) is 46.3 Å². The Morgan fingerprint density at radius 2 is 0.807 bits per heavy atom. The van der Waals surface area contributed by atoms with Crippen molar-refractivity contribution in [3.8, 4) is 45.6 Å². The van der Waals surface area contributed by atoms with Gasteiger partial charge in [0.05, 0.1) is 44.0 Å². The summed E-state index contributed by atoms with van der Waals surface area (Å²) < 4.78 is 205. The summed E-state index contributed by atoms with van der Waals surface area (Å²) in [5.41, 5.74) is 4.54. The maximum atomic E-state index is 14.1. The molecule has 4 N–H and O–H groups in total. The van der Waals surface area contributed by atoms with Gasteiger partial charge < -0.3 is 29.6 Å². The van der Waals surface area contributed by atoms with Gasteiger partial charge in [-0.15, -0.1) is 0 Å². The molecule has 0 aliphatic carbocycles. The first-order valence-corrected chi connectivity index (χ1v) is 23.8. The molecule has 0 saturated heterocycles. The smallest absolute Gasteiger partial charge is 0.351 e. The first-order valence-electron chi connectivity index (χ1n) is 22.3. The Hall–Kier alpha value is -9.34. The minimum absolute atomic E-state index is 0.0495. The van der Waals surface area contributed by atoms with E-state index in [-0.39, 0.29) is 55.2 Å². The van der Waals surface area contributed by atoms with Crippen LogP contribution in [0.5, 0.6) is 0 Å². The third-order valence-corrected chi connectivity index (χ3v) is 11.7. The van der Waals surface area contributed by atoms with Crippen molar-refractivity contribution in [2.24, 2.45) is 0 Å². The number of pyridine rings is 2. The zero-order valence-corrected chi connectivity index (χ0v) is 43.9. The van der Waals surface area contributed by atoms with Crippen molar-refractivity contribution in [2.75, 3.05) is 11.5 Å². The van der Waals surface area contributed by atoms with Gasteiger partial charge in [-0.25, -0.2) is 35.1 Å². The van der Waals surface area contributed by atoms with E-state index in [2.05, 4.69) is 91.4 Å². The Kier molecular flexibility index (Phi) is 18.9. The van der Waals surface area contributed by atoms with E-state index < -0.39 is 134 Å². The summed E-state index contributed by atoms with van der Waals surface area (Å²) in [4.78, 5) is 45.2. The van der Waals surface area contributed by atoms with Crippen LogP contribution in [-0.4, -0.2) is 62.1 Å². The van der Waals surface area contributed by atoms with Crippen LogP contribution in [0, 0.1) is 53.5 Å². The molecule has 0 bridgehead atoms. The zero-order chi connectivity index (χ0) is 60.7. The lowest BCUT2D eigenvalue weighted by Crippen LogP contribution is -2.16. The summed E-state index contributed by atoms with van der Waals surface area (Å²) in [6.45, 7) is 1.41. The molecule has 0 unspecified atom stereocenters. The van der Waals surface area contributed by atoms with Crippen molar-refractivity contribution in [1.29, 1.82) is 0 Å². The van der Waals surface area contributed by atoms with Gasteiger partial charge in [0.2, 0.25) is 35.1 Å². The molecule has 0 aliphatic heterocycles. The number of aryl methyl sites for hydroxylation is 1. The molecule has 0 amide bonds. The number of aromatic nitrogens is 10. The Morgan fingerprint density at radius 1 is 0.458 bits per heavy atom. The molecule has 430 valence electrons. The monoisotopic (exact) mass is 1300 g/mol. The summed E-state index contributed by atoms with van der Waals surface area (Å²) in [5, 5.41) is 13.5. The Morgan fingerprint density at radius 3 is 1.19 bits per heavy atom. The molecule has 6 aromatic heterocycles. The fraction of sp³-hybridized carbons (Fsp3) is 0.102. The first kappa shape index (κ1) is 61.3. The summed E-state index contributed by atoms with van der Waals surface area (Å²) in [6.07, 6.45) is -9.21. The fourth-order valence-electron chi connectivity index (χ4n) is 6.74. The number of nitrogens with two attached hydrogens (primary N) is 2. The number of hydrogen-bond acceptors (Lipinski definition) is 18. The molecular weight excluding hydrogens is 1280 g/mol. The van der Waals surface area contributed by atoms with Crippen LogP contribution in [0.1, 0.15) is 49.4 Å². The fourth-order valence-corrected chi connectivity index (χ4v) is 7.41. The van der Waals surface area contributed by atoms with Crippen LogP contribution in [0.4, 0.5) is 73.5 Å². The molecule has 0 radical (unpaired) electrons. The van der Waals surface area contributed by atoms with Gasteiger partial charge >= 0.3 is 24.4 Å². The van der Waals surface area contributed by atoms with E-state index >= 15 is 0 Å². The number of nitrogen functional groups attached to an aromatic ring is 2. The van der Waals surface area contributed by atoms with Crippen LogP contribution in [0.3, 0.4) is 0 Å². The quantitative estimate of drug-likeness (QED) is 0.0732. The number of anilines is 2. The number of hydrogen-bond donors (Lipinski definition) is 2. The van der Waals surface area contributed by atoms with Gasteiger partial charge in [-0.3, -0.25) is 19.6 Å². The van der Waals surface area contributed by atoms with Gasteiger partial charge in [0.25, 0.3) is 0 Å². The van der Waals surface area contributed by atoms with Crippen molar-refractivity contribution < 1.29 is 89.1 Å². The third kappa shape index (κ3) is 14.6. The van der Waals surface area contributed by atoms with Crippen molar-refractivity contribution in [2.45, 2.75) is 32.1 Å². The SMILES string of the molecule is Cc1ccc(F)c(-c2noc(CC(=O)c3cccnc3C(F)(F)F)n2)c1F.Nc1nc(-c2c(F)ccc(Br)c2F)no1.Nc1nc(-c2c(F)cccc2F)no1.O=C(Cc1nc(-c2c(F)ccc(Br)c2F)no1)c1cccnc1C(F)(F)F. The predicted molar refractivity (Wildman–Crippen MR) is 262 cm³/mol. The second-order valence-corrected chi connectivity index (χ2v) is 17.7. The molecule has 0 fully saturated rings. The Labute approximate surface area is 469 Å². The Bertz CT molecular complexity index is 3820. The highest BCUT2D eigenvalue weighted by Gasteiger charge is 2.38. The lowest BCUT2D eigenvalue weighted by atomic mass is 10.1. The van der Waals surface area contributed by atoms with Gasteiger partial charge in [0, 0.05) is 23.5 Å². The van der Waals surface area contributed by atoms with Crippen LogP contribution in [0.2, 0.25) is 0 Å². The number of alkyl halides is 6. The molecule has 34 heteroatoms. The average molecular weight is 1300 g/mol. The maximum absolute atomic E-state index is 14.1. The lowest BCUT2D eigenvalue weighted by molar-refractivity contribution is -0.142. The summed E-state index contributed by atoms with van der Waals surface area (Å²) in [5.74, 6) is -11.0. The van der Waals surface area contributed by atoms with Crippen molar-refractivity contribution in [3.63, 3.8) is 0 Å². The lowest BCUT2D eigenvalue weighted by Gasteiger charge is -2.09. The van der Waals surface area contributed by atoms with E-state index in [1.807, 2.05) is 0 Å². The van der Waals surface area contributed by atoms with Gasteiger partial charge in [0.1, 0.15) is 34.9 Å². The molecule has 0 spiro atoms. The highest BCUT2D eigenvalue weighted by molar-refractivity contribution is 9.10. The number of rotatable bonds is 10. The molecule has 4 aromatic carbocycles. The standard InChI is InChI=1S/C17H10F5N3O2.C16H7BrF5N3O2.C8H4BrF2N3O.C8H5F2N3O/c1-8-4-5-10(18)13(14(8)19)16-24-12(27-25-16)7-11(26)9-3-2-6-23-15(9)17(20,21)22;17-8-3-4-9(18)12(13(8)19)15-24-11(27-25-15)6-10(26)7-2-1-5-23-14(7)16(20,21)22;9-3-1-2-4(10)5(6(3)11)7-13-8(12)15-14-7;9-4-2-1-3-5(10)6(4)7-12-8(11)14-13-7/h2-6H,7H2,1H3;1-5H,6H2;1-2H,(H2,12,13,14);1-3H,(H2,11,12,13). The summed E-state index contributed by atoms with van der Waals surface area (Å²) >= 11 is 5.81. The highest BCUT2D eigenvalue weighted by Crippen LogP contribution is 2.34. The molecule has 0 aliphatic rings. The van der Waals surface area contributed by atoms with Gasteiger partial charge in [-0.05, 0) is 111 Å². The van der Waals surface area contributed by atoms with Gasteiger partial charge in [-0.1, -0.05) is 32.8 Å². The first-order chi connectivity index (χ1) is 39.1. The summed E-state index contributed by atoms with van der Waals surface area (Å²) in [7, 11) is 0. The van der Waals surface area contributed by atoms with E-state index in [1.165, 1.54) is 37.3 Å². The van der Waals surface area contributed by atoms with Crippen molar-refractivity contribution >= 4 is 55.5 Å². The second kappa shape index (κ2) is 25.6. The van der Waals surface area contributed by atoms with Gasteiger partial charge in [0.15, 0.2) is 34.6 Å². The number of Topliss-reactive ketones (excluding diaryl/α,β-unsaturated/α-hetero) is 2. The number of ketones is 2. The minimum atomic E-state index is -4.82. The molecular formula is C49H26Br2F14N12O6.